The van der Waals surface area contributed by atoms with Gasteiger partial charge in [0.2, 0.25) is 5.91 Å². The second kappa shape index (κ2) is 7.80. The number of anilines is 1. The predicted molar refractivity (Wildman–Crippen MR) is 106 cm³/mol. The molecule has 0 aliphatic carbocycles. The summed E-state index contributed by atoms with van der Waals surface area (Å²) in [5.74, 6) is -0.249. The zero-order valence-corrected chi connectivity index (χ0v) is 17.0. The molecule has 8 heteroatoms. The maximum Gasteiger partial charge on any atom is 0.235 e. The highest BCUT2D eigenvalue weighted by Gasteiger charge is 2.43. The number of ether oxygens (including phenoxy) is 1. The van der Waals surface area contributed by atoms with Crippen LogP contribution in [0.2, 0.25) is 10.0 Å². The van der Waals surface area contributed by atoms with E-state index in [1.165, 1.54) is 12.1 Å². The molecule has 0 saturated carbocycles. The molecule has 0 aromatic heterocycles. The van der Waals surface area contributed by atoms with Gasteiger partial charge in [0.1, 0.15) is 0 Å². The van der Waals surface area contributed by atoms with Gasteiger partial charge in [-0.25, -0.2) is 8.42 Å². The largest absolute Gasteiger partial charge is 0.381 e. The van der Waals surface area contributed by atoms with Crippen LogP contribution in [0.25, 0.3) is 0 Å². The van der Waals surface area contributed by atoms with Crippen molar-refractivity contribution in [1.29, 1.82) is 0 Å². The summed E-state index contributed by atoms with van der Waals surface area (Å²) in [6.07, 6.45) is 2.05. The van der Waals surface area contributed by atoms with Crippen molar-refractivity contribution in [3.05, 3.63) is 58.1 Å². The van der Waals surface area contributed by atoms with Gasteiger partial charge >= 0.3 is 0 Å². The minimum Gasteiger partial charge on any atom is -0.381 e. The van der Waals surface area contributed by atoms with Crippen molar-refractivity contribution in [2.24, 2.45) is 0 Å². The van der Waals surface area contributed by atoms with Gasteiger partial charge in [-0.1, -0.05) is 35.3 Å². The molecule has 0 bridgehead atoms. The Hall–Kier alpha value is -1.60. The number of carbonyl (C=O) groups is 1. The fraction of sp³-hybridized carbons (Fsp3) is 0.316. The number of nitrogens with one attached hydrogen (secondary N) is 1. The second-order valence-corrected chi connectivity index (χ2v) is 9.43. The van der Waals surface area contributed by atoms with Gasteiger partial charge in [-0.3, -0.25) is 4.79 Å². The van der Waals surface area contributed by atoms with Crippen LogP contribution in [-0.4, -0.2) is 33.8 Å². The van der Waals surface area contributed by atoms with E-state index >= 15 is 0 Å². The van der Waals surface area contributed by atoms with E-state index in [0.717, 1.165) is 6.26 Å². The molecular formula is C19H19Cl2NO4S. The number of carbonyl (C=O) groups excluding carboxylic acids is 1. The Morgan fingerprint density at radius 1 is 1.11 bits per heavy atom. The summed E-state index contributed by atoms with van der Waals surface area (Å²) >= 11 is 12.4. The minimum atomic E-state index is -3.37. The molecule has 1 fully saturated rings. The summed E-state index contributed by atoms with van der Waals surface area (Å²) < 4.78 is 29.0. The fourth-order valence-electron chi connectivity index (χ4n) is 3.27. The number of rotatable bonds is 4. The quantitative estimate of drug-likeness (QED) is 0.797. The van der Waals surface area contributed by atoms with Crippen LogP contribution in [0.4, 0.5) is 5.69 Å². The van der Waals surface area contributed by atoms with E-state index in [1.54, 1.807) is 30.3 Å². The van der Waals surface area contributed by atoms with E-state index in [0.29, 0.717) is 47.4 Å². The fourth-order valence-corrected chi connectivity index (χ4v) is 4.53. The van der Waals surface area contributed by atoms with Crippen molar-refractivity contribution in [1.82, 2.24) is 0 Å². The molecule has 1 heterocycles. The van der Waals surface area contributed by atoms with Crippen LogP contribution in [0.5, 0.6) is 0 Å². The van der Waals surface area contributed by atoms with Crippen LogP contribution < -0.4 is 5.32 Å². The monoisotopic (exact) mass is 427 g/mol. The summed E-state index contributed by atoms with van der Waals surface area (Å²) in [4.78, 5) is 13.4. The van der Waals surface area contributed by atoms with Gasteiger partial charge in [0, 0.05) is 35.2 Å². The molecule has 1 amide bonds. The number of halogens is 2. The summed E-state index contributed by atoms with van der Waals surface area (Å²) in [6.45, 7) is 0.853. The first-order chi connectivity index (χ1) is 12.7. The molecule has 2 aromatic carbocycles. The molecule has 2 aromatic rings. The van der Waals surface area contributed by atoms with Gasteiger partial charge < -0.3 is 10.1 Å². The van der Waals surface area contributed by atoms with Crippen molar-refractivity contribution in [2.75, 3.05) is 24.8 Å². The molecule has 1 N–H and O–H groups in total. The standard InChI is InChI=1S/C19H19Cl2NO4S/c1-27(24,25)15-4-2-3-14(12-15)22-18(23)19(7-9-26-10-8-19)16-6-5-13(20)11-17(16)21/h2-6,11-12H,7-10H2,1H3,(H,22,23). The SMILES string of the molecule is CS(=O)(=O)c1cccc(NC(=O)C2(c3ccc(Cl)cc3Cl)CCOCC2)c1. The third kappa shape index (κ3) is 4.29. The first kappa shape index (κ1) is 20.1. The minimum absolute atomic E-state index is 0.144. The first-order valence-corrected chi connectivity index (χ1v) is 11.0. The van der Waals surface area contributed by atoms with E-state index < -0.39 is 15.3 Å². The normalized spacial score (nSPS) is 16.7. The van der Waals surface area contributed by atoms with E-state index in [4.69, 9.17) is 27.9 Å². The lowest BCUT2D eigenvalue weighted by molar-refractivity contribution is -0.125. The zero-order chi connectivity index (χ0) is 19.7. The molecule has 144 valence electrons. The van der Waals surface area contributed by atoms with Crippen molar-refractivity contribution in [2.45, 2.75) is 23.2 Å². The molecule has 27 heavy (non-hydrogen) atoms. The number of benzene rings is 2. The third-order valence-corrected chi connectivity index (χ3v) is 6.41. The van der Waals surface area contributed by atoms with E-state index in [1.807, 2.05) is 0 Å². The van der Waals surface area contributed by atoms with Gasteiger partial charge in [0.25, 0.3) is 0 Å². The molecular weight excluding hydrogens is 409 g/mol. The maximum absolute atomic E-state index is 13.3. The zero-order valence-electron chi connectivity index (χ0n) is 14.7. The lowest BCUT2D eigenvalue weighted by Gasteiger charge is -2.36. The molecule has 0 radical (unpaired) electrons. The molecule has 1 saturated heterocycles. The van der Waals surface area contributed by atoms with Gasteiger partial charge in [-0.05, 0) is 48.7 Å². The molecule has 3 rings (SSSR count). The lowest BCUT2D eigenvalue weighted by Crippen LogP contribution is -2.45. The highest BCUT2D eigenvalue weighted by molar-refractivity contribution is 7.90. The summed E-state index contributed by atoms with van der Waals surface area (Å²) in [5, 5.41) is 3.77. The first-order valence-electron chi connectivity index (χ1n) is 8.37. The van der Waals surface area contributed by atoms with E-state index in [9.17, 15) is 13.2 Å². The van der Waals surface area contributed by atoms with Crippen LogP contribution in [0.15, 0.2) is 47.4 Å². The number of amides is 1. The van der Waals surface area contributed by atoms with Gasteiger partial charge in [-0.2, -0.15) is 0 Å². The van der Waals surface area contributed by atoms with Crippen LogP contribution in [0, 0.1) is 0 Å². The van der Waals surface area contributed by atoms with Crippen LogP contribution in [-0.2, 0) is 24.8 Å². The van der Waals surface area contributed by atoms with E-state index in [2.05, 4.69) is 5.32 Å². The topological polar surface area (TPSA) is 72.5 Å². The van der Waals surface area contributed by atoms with Gasteiger partial charge in [0.05, 0.1) is 10.3 Å². The molecule has 1 aliphatic rings. The Morgan fingerprint density at radius 2 is 1.81 bits per heavy atom. The summed E-state index contributed by atoms with van der Waals surface area (Å²) in [7, 11) is -3.37. The van der Waals surface area contributed by atoms with Crippen LogP contribution in [0.1, 0.15) is 18.4 Å². The Balaban J connectivity index is 1.98. The smallest absolute Gasteiger partial charge is 0.235 e. The second-order valence-electron chi connectivity index (χ2n) is 6.57. The van der Waals surface area contributed by atoms with Crippen molar-refractivity contribution in [3.8, 4) is 0 Å². The van der Waals surface area contributed by atoms with Gasteiger partial charge in [0.15, 0.2) is 9.84 Å². The highest BCUT2D eigenvalue weighted by Crippen LogP contribution is 2.40. The van der Waals surface area contributed by atoms with Crippen LogP contribution in [0.3, 0.4) is 0 Å². The Bertz CT molecular complexity index is 969. The average molecular weight is 428 g/mol. The molecule has 0 spiro atoms. The Kier molecular flexibility index (Phi) is 5.82. The van der Waals surface area contributed by atoms with Crippen molar-refractivity contribution in [3.63, 3.8) is 0 Å². The number of sulfone groups is 1. The number of hydrogen-bond acceptors (Lipinski definition) is 4. The number of hydrogen-bond donors (Lipinski definition) is 1. The Morgan fingerprint density at radius 3 is 2.44 bits per heavy atom. The molecule has 0 unspecified atom stereocenters. The lowest BCUT2D eigenvalue weighted by atomic mass is 9.73. The Labute approximate surface area is 168 Å². The molecule has 5 nitrogen and oxygen atoms in total. The average Bonchev–Trinajstić information content (AvgIpc) is 2.61. The van der Waals surface area contributed by atoms with Crippen molar-refractivity contribution < 1.29 is 17.9 Å². The maximum atomic E-state index is 13.3. The molecule has 1 aliphatic heterocycles. The highest BCUT2D eigenvalue weighted by atomic mass is 35.5. The van der Waals surface area contributed by atoms with Gasteiger partial charge in [-0.15, -0.1) is 0 Å². The van der Waals surface area contributed by atoms with E-state index in [-0.39, 0.29) is 10.8 Å². The third-order valence-electron chi connectivity index (χ3n) is 4.75. The summed E-state index contributed by atoms with van der Waals surface area (Å²) in [6, 6.07) is 11.3. The predicted octanol–water partition coefficient (Wildman–Crippen LogP) is 4.08. The summed E-state index contributed by atoms with van der Waals surface area (Å²) in [5.41, 5.74) is 0.230. The molecule has 0 atom stereocenters. The van der Waals surface area contributed by atoms with Crippen molar-refractivity contribution >= 4 is 44.6 Å². The van der Waals surface area contributed by atoms with Crippen LogP contribution >= 0.6 is 23.2 Å².